The van der Waals surface area contributed by atoms with Crippen LogP contribution in [0.2, 0.25) is 6.82 Å². The van der Waals surface area contributed by atoms with Crippen LogP contribution in [0.1, 0.15) is 12.1 Å². The Morgan fingerprint density at radius 2 is 2.10 bits per heavy atom. The summed E-state index contributed by atoms with van der Waals surface area (Å²) in [5.41, 5.74) is 2.99. The van der Waals surface area contributed by atoms with Gasteiger partial charge >= 0.3 is 13.0 Å². The van der Waals surface area contributed by atoms with Crippen molar-refractivity contribution < 1.29 is 28.9 Å². The van der Waals surface area contributed by atoms with Crippen molar-refractivity contribution in [1.82, 2.24) is 15.0 Å². The predicted molar refractivity (Wildman–Crippen MR) is 110 cm³/mol. The van der Waals surface area contributed by atoms with E-state index in [-0.39, 0.29) is 13.0 Å². The lowest BCUT2D eigenvalue weighted by atomic mass is 9.84. The number of carboxylic acids is 1. The van der Waals surface area contributed by atoms with Gasteiger partial charge in [-0.1, -0.05) is 17.3 Å². The molecule has 3 heterocycles. The zero-order chi connectivity index (χ0) is 21.4. The van der Waals surface area contributed by atoms with E-state index in [1.54, 1.807) is 26.9 Å². The molecule has 0 radical (unpaired) electrons. The van der Waals surface area contributed by atoms with Crippen LogP contribution in [0.4, 0.5) is 0 Å². The molecule has 10 heteroatoms. The molecule has 1 aliphatic heterocycles. The van der Waals surface area contributed by atoms with Gasteiger partial charge in [-0.25, -0.2) is 4.98 Å². The molecule has 1 aliphatic rings. The third kappa shape index (κ3) is 3.59. The second-order valence-electron chi connectivity index (χ2n) is 7.31. The molecule has 30 heavy (non-hydrogen) atoms. The fraction of sp³-hybridized carbons (Fsp3) is 0.350. The lowest BCUT2D eigenvalue weighted by Gasteiger charge is -2.21. The molecule has 1 saturated heterocycles. The zero-order valence-electron chi connectivity index (χ0n) is 16.9. The van der Waals surface area contributed by atoms with Crippen LogP contribution in [-0.2, 0) is 4.79 Å². The van der Waals surface area contributed by atoms with Gasteiger partial charge in [0.25, 0.3) is 0 Å². The maximum atomic E-state index is 11.6. The number of fused-ring (bicyclic) bond motifs is 1. The first kappa shape index (κ1) is 20.2. The van der Waals surface area contributed by atoms with E-state index in [0.29, 0.717) is 34.0 Å². The van der Waals surface area contributed by atoms with E-state index in [9.17, 15) is 14.9 Å². The first-order chi connectivity index (χ1) is 14.4. The highest BCUT2D eigenvalue weighted by molar-refractivity contribution is 6.45. The first-order valence-electron chi connectivity index (χ1n) is 9.62. The number of nitrogens with zero attached hydrogens (tertiary/aromatic N) is 3. The van der Waals surface area contributed by atoms with Crippen molar-refractivity contribution in [2.75, 3.05) is 13.7 Å². The van der Waals surface area contributed by atoms with Gasteiger partial charge in [-0.05, 0) is 25.9 Å². The summed E-state index contributed by atoms with van der Waals surface area (Å²) in [4.78, 5) is 17.8. The SMILES string of the molecule is COc1ccccc1-c1cc(O[C@@H]2C[C@@H](C(=O)O)N(B(C)O)C2)c2onc(C)c2n1. The Balaban J connectivity index is 1.73. The van der Waals surface area contributed by atoms with Gasteiger partial charge in [0.2, 0.25) is 5.58 Å². The Bertz CT molecular complexity index is 1090. The Hall–Kier alpha value is -3.11. The lowest BCUT2D eigenvalue weighted by molar-refractivity contribution is -0.141. The minimum absolute atomic E-state index is 0.237. The van der Waals surface area contributed by atoms with E-state index in [1.807, 2.05) is 24.3 Å². The maximum Gasteiger partial charge on any atom is 0.377 e. The molecule has 0 bridgehead atoms. The van der Waals surface area contributed by atoms with Crippen molar-refractivity contribution in [1.29, 1.82) is 0 Å². The number of ether oxygens (including phenoxy) is 2. The highest BCUT2D eigenvalue weighted by Gasteiger charge is 2.41. The first-order valence-corrected chi connectivity index (χ1v) is 9.62. The van der Waals surface area contributed by atoms with Crippen LogP contribution in [-0.4, -0.2) is 63.9 Å². The predicted octanol–water partition coefficient (Wildman–Crippen LogP) is 2.22. The fourth-order valence-corrected chi connectivity index (χ4v) is 3.82. The molecule has 156 valence electrons. The highest BCUT2D eigenvalue weighted by Crippen LogP contribution is 2.36. The number of methoxy groups -OCH3 is 1. The Morgan fingerprint density at radius 1 is 1.33 bits per heavy atom. The number of carboxylic acid groups (broad SMARTS) is 1. The number of rotatable bonds is 6. The molecule has 9 nitrogen and oxygen atoms in total. The average molecular weight is 411 g/mol. The highest BCUT2D eigenvalue weighted by atomic mass is 16.5. The Labute approximate surface area is 173 Å². The molecule has 2 atom stereocenters. The largest absolute Gasteiger partial charge is 0.496 e. The van der Waals surface area contributed by atoms with Gasteiger partial charge in [0, 0.05) is 24.6 Å². The van der Waals surface area contributed by atoms with Crippen LogP contribution >= 0.6 is 0 Å². The van der Waals surface area contributed by atoms with Crippen molar-refractivity contribution >= 4 is 24.1 Å². The lowest BCUT2D eigenvalue weighted by Crippen LogP contribution is -2.45. The van der Waals surface area contributed by atoms with E-state index < -0.39 is 25.2 Å². The van der Waals surface area contributed by atoms with Crippen LogP contribution in [0.3, 0.4) is 0 Å². The van der Waals surface area contributed by atoms with Gasteiger partial charge in [0.05, 0.1) is 12.8 Å². The third-order valence-corrected chi connectivity index (χ3v) is 5.30. The van der Waals surface area contributed by atoms with Crippen LogP contribution in [0.5, 0.6) is 11.5 Å². The zero-order valence-corrected chi connectivity index (χ0v) is 16.9. The molecule has 0 unspecified atom stereocenters. The van der Waals surface area contributed by atoms with E-state index in [0.717, 1.165) is 5.56 Å². The summed E-state index contributed by atoms with van der Waals surface area (Å²) in [5.74, 6) is 0.0895. The molecule has 1 aromatic carbocycles. The number of para-hydroxylation sites is 1. The third-order valence-electron chi connectivity index (χ3n) is 5.30. The summed E-state index contributed by atoms with van der Waals surface area (Å²) in [6.07, 6.45) is -0.205. The summed E-state index contributed by atoms with van der Waals surface area (Å²) in [7, 11) is 0.697. The molecule has 0 spiro atoms. The summed E-state index contributed by atoms with van der Waals surface area (Å²) in [6, 6.07) is 8.42. The summed E-state index contributed by atoms with van der Waals surface area (Å²) in [5, 5.41) is 23.4. The quantitative estimate of drug-likeness (QED) is 0.589. The van der Waals surface area contributed by atoms with Gasteiger partial charge in [0.1, 0.15) is 29.1 Å². The van der Waals surface area contributed by atoms with Crippen molar-refractivity contribution in [3.8, 4) is 22.8 Å². The van der Waals surface area contributed by atoms with Gasteiger partial charge in [-0.15, -0.1) is 0 Å². The monoisotopic (exact) mass is 411 g/mol. The van der Waals surface area contributed by atoms with Crippen LogP contribution < -0.4 is 9.47 Å². The molecule has 2 aromatic heterocycles. The van der Waals surface area contributed by atoms with Crippen LogP contribution in [0, 0.1) is 6.92 Å². The van der Waals surface area contributed by atoms with E-state index >= 15 is 0 Å². The Kier molecular flexibility index (Phi) is 5.36. The van der Waals surface area contributed by atoms with Gasteiger partial charge in [-0.3, -0.25) is 4.79 Å². The minimum atomic E-state index is -0.993. The number of pyridine rings is 1. The summed E-state index contributed by atoms with van der Waals surface area (Å²) >= 11 is 0. The Morgan fingerprint density at radius 3 is 2.77 bits per heavy atom. The number of hydrogen-bond acceptors (Lipinski definition) is 8. The van der Waals surface area contributed by atoms with E-state index in [4.69, 9.17) is 14.0 Å². The molecule has 4 rings (SSSR count). The molecule has 0 aliphatic carbocycles. The van der Waals surface area contributed by atoms with Crippen molar-refractivity contribution in [3.63, 3.8) is 0 Å². The molecular formula is C20H22BN3O6. The normalized spacial score (nSPS) is 19.2. The van der Waals surface area contributed by atoms with E-state index in [2.05, 4.69) is 10.1 Å². The van der Waals surface area contributed by atoms with Crippen molar-refractivity contribution in [2.45, 2.75) is 32.3 Å². The second kappa shape index (κ2) is 7.96. The number of aliphatic carboxylic acids is 1. The van der Waals surface area contributed by atoms with Gasteiger partial charge in [0.15, 0.2) is 5.75 Å². The average Bonchev–Trinajstić information content (AvgIpc) is 3.32. The molecule has 3 aromatic rings. The number of hydrogen-bond donors (Lipinski definition) is 2. The van der Waals surface area contributed by atoms with E-state index in [1.165, 1.54) is 4.81 Å². The van der Waals surface area contributed by atoms with Gasteiger partial charge < -0.3 is 28.9 Å². The van der Waals surface area contributed by atoms with Crippen molar-refractivity contribution in [3.05, 3.63) is 36.0 Å². The molecule has 0 saturated carbocycles. The molecule has 2 N–H and O–H groups in total. The smallest absolute Gasteiger partial charge is 0.377 e. The molecule has 0 amide bonds. The molecular weight excluding hydrogens is 389 g/mol. The topological polar surface area (TPSA) is 118 Å². The summed E-state index contributed by atoms with van der Waals surface area (Å²) < 4.78 is 17.1. The fourth-order valence-electron chi connectivity index (χ4n) is 3.82. The van der Waals surface area contributed by atoms with Gasteiger partial charge in [-0.2, -0.15) is 0 Å². The van der Waals surface area contributed by atoms with Crippen LogP contribution in [0.25, 0.3) is 22.4 Å². The standard InChI is InChI=1S/C20H22BN3O6/c1-11-18-19(30-23-11)17(9-14(22-18)13-6-4-5-7-16(13)28-3)29-12-8-15(20(25)26)24(10-12)21(2)27/h4-7,9,12,15,27H,8,10H2,1-3H3,(H,25,26)/t12-,15+/m1/s1. The number of carbonyl (C=O) groups is 1. The number of aryl methyl sites for hydroxylation is 1. The number of benzene rings is 1. The van der Waals surface area contributed by atoms with Crippen LogP contribution in [0.15, 0.2) is 34.9 Å². The maximum absolute atomic E-state index is 11.6. The molecule has 1 fully saturated rings. The summed E-state index contributed by atoms with van der Waals surface area (Å²) in [6.45, 7) is 3.61. The number of aromatic nitrogens is 2. The van der Waals surface area contributed by atoms with Crippen molar-refractivity contribution in [2.24, 2.45) is 0 Å². The second-order valence-corrected chi connectivity index (χ2v) is 7.31. The minimum Gasteiger partial charge on any atom is -0.496 e.